The Morgan fingerprint density at radius 3 is 2.62 bits per heavy atom. The third kappa shape index (κ3) is 2.45. The molecule has 0 fully saturated rings. The molecule has 1 aromatic carbocycles. The second-order valence-corrected chi connectivity index (χ2v) is 4.38. The van der Waals surface area contributed by atoms with Crippen molar-refractivity contribution in [2.45, 2.75) is 12.2 Å². The number of alkyl halides is 3. The zero-order valence-electron chi connectivity index (χ0n) is 10.5. The van der Waals surface area contributed by atoms with Crippen LogP contribution in [0.1, 0.15) is 23.3 Å². The van der Waals surface area contributed by atoms with Gasteiger partial charge in [-0.25, -0.2) is 0 Å². The van der Waals surface area contributed by atoms with E-state index in [4.69, 9.17) is 5.73 Å². The molecule has 21 heavy (non-hydrogen) atoms. The third-order valence-electron chi connectivity index (χ3n) is 3.00. The van der Waals surface area contributed by atoms with E-state index in [9.17, 15) is 13.2 Å². The Bertz CT molecular complexity index is 779. The Morgan fingerprint density at radius 2 is 1.90 bits per heavy atom. The van der Waals surface area contributed by atoms with Crippen molar-refractivity contribution in [2.75, 3.05) is 0 Å². The van der Waals surface area contributed by atoms with Crippen LogP contribution in [0.5, 0.6) is 0 Å². The predicted molar refractivity (Wildman–Crippen MR) is 67.1 cm³/mol. The quantitative estimate of drug-likeness (QED) is 0.786. The minimum absolute atomic E-state index is 0.236. The van der Waals surface area contributed by atoms with Crippen molar-refractivity contribution in [1.82, 2.24) is 15.1 Å². The lowest BCUT2D eigenvalue weighted by molar-refractivity contribution is -0.159. The number of aromatic nitrogens is 3. The molecule has 0 saturated carbocycles. The summed E-state index contributed by atoms with van der Waals surface area (Å²) in [6.45, 7) is 0. The first-order valence-corrected chi connectivity index (χ1v) is 5.96. The van der Waals surface area contributed by atoms with Gasteiger partial charge in [-0.05, 0) is 5.39 Å². The average molecular weight is 294 g/mol. The van der Waals surface area contributed by atoms with Crippen LogP contribution in [0.3, 0.4) is 0 Å². The highest BCUT2D eigenvalue weighted by Crippen LogP contribution is 2.30. The van der Waals surface area contributed by atoms with E-state index in [0.29, 0.717) is 5.56 Å². The van der Waals surface area contributed by atoms with E-state index in [2.05, 4.69) is 19.6 Å². The van der Waals surface area contributed by atoms with Crippen molar-refractivity contribution in [3.63, 3.8) is 0 Å². The maximum Gasteiger partial charge on any atom is 0.471 e. The number of nitrogens with two attached hydrogens (primary N) is 1. The fourth-order valence-corrected chi connectivity index (χ4v) is 2.00. The first-order chi connectivity index (χ1) is 9.97. The SMILES string of the molecule is NC(c1noc(C(F)(F)F)n1)c1cncc2ccccc12. The molecule has 2 N–H and O–H groups in total. The highest BCUT2D eigenvalue weighted by Gasteiger charge is 2.39. The molecule has 2 aromatic heterocycles. The number of benzene rings is 1. The molecule has 0 saturated heterocycles. The first kappa shape index (κ1) is 13.5. The Labute approximate surface area is 116 Å². The summed E-state index contributed by atoms with van der Waals surface area (Å²) in [6.07, 6.45) is -1.57. The van der Waals surface area contributed by atoms with E-state index in [0.717, 1.165) is 10.8 Å². The molecule has 3 aromatic rings. The van der Waals surface area contributed by atoms with Gasteiger partial charge >= 0.3 is 12.1 Å². The van der Waals surface area contributed by atoms with E-state index < -0.39 is 18.1 Å². The van der Waals surface area contributed by atoms with Crippen LogP contribution in [0, 0.1) is 0 Å². The van der Waals surface area contributed by atoms with Crippen molar-refractivity contribution in [3.8, 4) is 0 Å². The average Bonchev–Trinajstić information content (AvgIpc) is 2.96. The van der Waals surface area contributed by atoms with Gasteiger partial charge in [0.1, 0.15) is 0 Å². The summed E-state index contributed by atoms with van der Waals surface area (Å²) in [4.78, 5) is 7.34. The number of halogens is 3. The van der Waals surface area contributed by atoms with Gasteiger partial charge in [-0.1, -0.05) is 29.4 Å². The van der Waals surface area contributed by atoms with Crippen LogP contribution in [0.25, 0.3) is 10.8 Å². The fourth-order valence-electron chi connectivity index (χ4n) is 2.00. The zero-order valence-corrected chi connectivity index (χ0v) is 10.5. The topological polar surface area (TPSA) is 77.8 Å². The van der Waals surface area contributed by atoms with E-state index in [-0.39, 0.29) is 5.82 Å². The Hall–Kier alpha value is -2.48. The molecule has 3 rings (SSSR count). The van der Waals surface area contributed by atoms with Crippen LogP contribution >= 0.6 is 0 Å². The number of hydrogen-bond acceptors (Lipinski definition) is 5. The van der Waals surface area contributed by atoms with Crippen LogP contribution in [-0.4, -0.2) is 15.1 Å². The molecule has 8 heteroatoms. The maximum absolute atomic E-state index is 12.5. The van der Waals surface area contributed by atoms with Gasteiger partial charge in [-0.3, -0.25) is 4.98 Å². The molecule has 2 heterocycles. The van der Waals surface area contributed by atoms with E-state index in [1.165, 1.54) is 6.20 Å². The van der Waals surface area contributed by atoms with Gasteiger partial charge in [0, 0.05) is 23.3 Å². The molecule has 1 unspecified atom stereocenters. The van der Waals surface area contributed by atoms with E-state index in [1.54, 1.807) is 18.3 Å². The number of pyridine rings is 1. The lowest BCUT2D eigenvalue weighted by Crippen LogP contribution is -2.15. The van der Waals surface area contributed by atoms with Gasteiger partial charge in [0.05, 0.1) is 6.04 Å². The lowest BCUT2D eigenvalue weighted by atomic mass is 10.0. The van der Waals surface area contributed by atoms with Crippen molar-refractivity contribution < 1.29 is 17.7 Å². The summed E-state index contributed by atoms with van der Waals surface area (Å²) in [6, 6.07) is 6.31. The van der Waals surface area contributed by atoms with Crippen LogP contribution in [-0.2, 0) is 6.18 Å². The molecule has 0 aliphatic heterocycles. The predicted octanol–water partition coefficient (Wildman–Crippen LogP) is 2.68. The van der Waals surface area contributed by atoms with Crippen LogP contribution in [0.4, 0.5) is 13.2 Å². The highest BCUT2D eigenvalue weighted by molar-refractivity contribution is 5.85. The number of hydrogen-bond donors (Lipinski definition) is 1. The molecular weight excluding hydrogens is 285 g/mol. The first-order valence-electron chi connectivity index (χ1n) is 5.96. The summed E-state index contributed by atoms with van der Waals surface area (Å²) < 4.78 is 41.6. The van der Waals surface area contributed by atoms with Crippen LogP contribution in [0.15, 0.2) is 41.2 Å². The summed E-state index contributed by atoms with van der Waals surface area (Å²) in [5.41, 5.74) is 6.48. The van der Waals surface area contributed by atoms with Gasteiger partial charge in [-0.15, -0.1) is 0 Å². The fraction of sp³-hybridized carbons (Fsp3) is 0.154. The lowest BCUT2D eigenvalue weighted by Gasteiger charge is -2.10. The maximum atomic E-state index is 12.5. The van der Waals surface area contributed by atoms with Crippen molar-refractivity contribution >= 4 is 10.8 Å². The molecule has 5 nitrogen and oxygen atoms in total. The molecule has 0 amide bonds. The minimum Gasteiger partial charge on any atom is -0.329 e. The molecule has 0 bridgehead atoms. The molecule has 0 aliphatic carbocycles. The summed E-state index contributed by atoms with van der Waals surface area (Å²) in [5, 5.41) is 4.91. The summed E-state index contributed by atoms with van der Waals surface area (Å²) >= 11 is 0. The molecule has 0 spiro atoms. The van der Waals surface area contributed by atoms with Gasteiger partial charge in [0.15, 0.2) is 5.82 Å². The molecule has 0 aliphatic rings. The number of fused-ring (bicyclic) bond motifs is 1. The molecule has 0 radical (unpaired) electrons. The van der Waals surface area contributed by atoms with Gasteiger partial charge in [-0.2, -0.15) is 18.2 Å². The van der Waals surface area contributed by atoms with Crippen LogP contribution < -0.4 is 5.73 Å². The molecule has 108 valence electrons. The second-order valence-electron chi connectivity index (χ2n) is 4.38. The van der Waals surface area contributed by atoms with Gasteiger partial charge < -0.3 is 10.3 Å². The van der Waals surface area contributed by atoms with E-state index >= 15 is 0 Å². The summed E-state index contributed by atoms with van der Waals surface area (Å²) in [7, 11) is 0. The Balaban J connectivity index is 2.05. The van der Waals surface area contributed by atoms with Crippen LogP contribution in [0.2, 0.25) is 0 Å². The number of rotatable bonds is 2. The monoisotopic (exact) mass is 294 g/mol. The van der Waals surface area contributed by atoms with Gasteiger partial charge in [0.25, 0.3) is 0 Å². The highest BCUT2D eigenvalue weighted by atomic mass is 19.4. The second kappa shape index (κ2) is 4.81. The summed E-state index contributed by atoms with van der Waals surface area (Å²) in [5.74, 6) is -1.65. The smallest absolute Gasteiger partial charge is 0.329 e. The zero-order chi connectivity index (χ0) is 15.0. The molecule has 1 atom stereocenters. The van der Waals surface area contributed by atoms with Gasteiger partial charge in [0.2, 0.25) is 0 Å². The van der Waals surface area contributed by atoms with Crippen molar-refractivity contribution in [2.24, 2.45) is 5.73 Å². The van der Waals surface area contributed by atoms with Crippen molar-refractivity contribution in [1.29, 1.82) is 0 Å². The largest absolute Gasteiger partial charge is 0.471 e. The number of nitrogens with zero attached hydrogens (tertiary/aromatic N) is 3. The van der Waals surface area contributed by atoms with Crippen molar-refractivity contribution in [3.05, 3.63) is 53.9 Å². The Morgan fingerprint density at radius 1 is 1.14 bits per heavy atom. The Kier molecular flexibility index (Phi) is 3.09. The third-order valence-corrected chi connectivity index (χ3v) is 3.00. The molecular formula is C13H9F3N4O. The normalized spacial score (nSPS) is 13.5. The van der Waals surface area contributed by atoms with E-state index in [1.807, 2.05) is 12.1 Å². The standard InChI is InChI=1S/C13H9F3N4O/c14-13(15,16)12-19-11(20-21-12)10(17)9-6-18-5-7-3-1-2-4-8(7)9/h1-6,10H,17H2. The minimum atomic E-state index is -4.69.